The Balaban J connectivity index is 0.000000336. The van der Waals surface area contributed by atoms with Crippen molar-refractivity contribution in [2.24, 2.45) is 0 Å². The molecule has 0 aliphatic carbocycles. The number of benzene rings is 2. The molecular formula is C28H34FN3O2. The highest BCUT2D eigenvalue weighted by molar-refractivity contribution is 5.61. The van der Waals surface area contributed by atoms with Gasteiger partial charge in [-0.2, -0.15) is 0 Å². The molecule has 34 heavy (non-hydrogen) atoms. The normalized spacial score (nSPS) is 17.0. The van der Waals surface area contributed by atoms with E-state index in [2.05, 4.69) is 39.9 Å². The third-order valence-electron chi connectivity index (χ3n) is 6.82. The van der Waals surface area contributed by atoms with E-state index in [1.165, 1.54) is 49.3 Å². The number of aliphatic hydroxyl groups excluding tert-OH is 1. The molecule has 1 aromatic heterocycles. The van der Waals surface area contributed by atoms with E-state index in [1.807, 2.05) is 6.07 Å². The molecule has 0 bridgehead atoms. The third kappa shape index (κ3) is 5.75. The maximum Gasteiger partial charge on any atom is 0.212 e. The molecule has 1 saturated heterocycles. The first-order valence-electron chi connectivity index (χ1n) is 12.1. The monoisotopic (exact) mass is 463 g/mol. The molecule has 5 nitrogen and oxygen atoms in total. The Morgan fingerprint density at radius 2 is 1.76 bits per heavy atom. The van der Waals surface area contributed by atoms with Crippen LogP contribution in [0.25, 0.3) is 0 Å². The lowest BCUT2D eigenvalue weighted by atomic mass is 9.99. The van der Waals surface area contributed by atoms with Crippen LogP contribution in [0.5, 0.6) is 5.88 Å². The van der Waals surface area contributed by atoms with Crippen LogP contribution in [0.3, 0.4) is 0 Å². The molecule has 0 radical (unpaired) electrons. The maximum atomic E-state index is 11.9. The van der Waals surface area contributed by atoms with Crippen LogP contribution in [0, 0.1) is 5.82 Å². The summed E-state index contributed by atoms with van der Waals surface area (Å²) >= 11 is 0. The number of hydrogen-bond acceptors (Lipinski definition) is 5. The molecule has 3 heterocycles. The minimum atomic E-state index is -0.668. The molecule has 0 saturated carbocycles. The lowest BCUT2D eigenvalue weighted by Crippen LogP contribution is -2.44. The number of pyridine rings is 1. The quantitative estimate of drug-likeness (QED) is 0.587. The summed E-state index contributed by atoms with van der Waals surface area (Å²) in [5.74, 6) is 0.381. The maximum absolute atomic E-state index is 11.9. The highest BCUT2D eigenvalue weighted by Crippen LogP contribution is 2.36. The van der Waals surface area contributed by atoms with E-state index >= 15 is 0 Å². The predicted molar refractivity (Wildman–Crippen MR) is 134 cm³/mol. The Kier molecular flexibility index (Phi) is 8.14. The van der Waals surface area contributed by atoms with Crippen molar-refractivity contribution < 1.29 is 14.2 Å². The average molecular weight is 464 g/mol. The van der Waals surface area contributed by atoms with E-state index < -0.39 is 6.10 Å². The Labute approximate surface area is 201 Å². The van der Waals surface area contributed by atoms with Gasteiger partial charge in [0.2, 0.25) is 5.88 Å². The van der Waals surface area contributed by atoms with Crippen LogP contribution in [0.2, 0.25) is 0 Å². The number of methoxy groups -OCH3 is 1. The fraction of sp³-hybridized carbons (Fsp3) is 0.393. The minimum absolute atomic E-state index is 0.178. The molecule has 1 N–H and O–H groups in total. The van der Waals surface area contributed by atoms with Crippen molar-refractivity contribution in [3.63, 3.8) is 0 Å². The van der Waals surface area contributed by atoms with Gasteiger partial charge in [-0.05, 0) is 61.2 Å². The summed E-state index contributed by atoms with van der Waals surface area (Å²) < 4.78 is 17.0. The van der Waals surface area contributed by atoms with E-state index in [9.17, 15) is 9.50 Å². The van der Waals surface area contributed by atoms with Gasteiger partial charge in [0.15, 0.2) is 0 Å². The number of nitrogens with zero attached hydrogens (tertiary/aromatic N) is 3. The fourth-order valence-electron chi connectivity index (χ4n) is 4.80. The summed E-state index contributed by atoms with van der Waals surface area (Å²) in [6.07, 6.45) is 4.57. The van der Waals surface area contributed by atoms with E-state index in [4.69, 9.17) is 4.74 Å². The van der Waals surface area contributed by atoms with Crippen LogP contribution < -0.4 is 9.64 Å². The fourth-order valence-corrected chi connectivity index (χ4v) is 4.80. The summed E-state index contributed by atoms with van der Waals surface area (Å²) in [6.45, 7) is 6.86. The highest BCUT2D eigenvalue weighted by atomic mass is 19.1. The Bertz CT molecular complexity index is 1040. The molecular weight excluding hydrogens is 429 g/mol. The van der Waals surface area contributed by atoms with Crippen LogP contribution in [0.15, 0.2) is 66.9 Å². The zero-order valence-corrected chi connectivity index (χ0v) is 20.0. The molecule has 6 heteroatoms. The first-order valence-corrected chi connectivity index (χ1v) is 12.1. The molecule has 3 aromatic rings. The topological polar surface area (TPSA) is 48.8 Å². The van der Waals surface area contributed by atoms with Gasteiger partial charge < -0.3 is 19.6 Å². The van der Waals surface area contributed by atoms with E-state index in [0.717, 1.165) is 30.6 Å². The summed E-state index contributed by atoms with van der Waals surface area (Å²) in [6, 6.07) is 18.6. The van der Waals surface area contributed by atoms with Crippen LogP contribution >= 0.6 is 0 Å². The lowest BCUT2D eigenvalue weighted by Gasteiger charge is -2.37. The van der Waals surface area contributed by atoms with Crippen LogP contribution in [0.1, 0.15) is 42.6 Å². The standard InChI is InChI=1S/C22H29N3O2.C6H5F/c1-3-24-11-9-19(10-12-24)25-13-8-16-4-5-17(14-20(16)25)22(26)18-6-7-21(27-2)23-15-18;7-6-4-2-1-3-5-6/h4-7,14-15,19,22,26H,3,8-13H2,1-2H3;1-5H. The molecule has 2 aromatic carbocycles. The number of fused-ring (bicyclic) bond motifs is 1. The van der Waals surface area contributed by atoms with Gasteiger partial charge in [0, 0.05) is 49.2 Å². The summed E-state index contributed by atoms with van der Waals surface area (Å²) in [4.78, 5) is 9.33. The number of hydrogen-bond donors (Lipinski definition) is 1. The number of aliphatic hydroxyl groups is 1. The number of likely N-dealkylation sites (tertiary alicyclic amines) is 1. The van der Waals surface area contributed by atoms with Gasteiger partial charge in [-0.1, -0.05) is 37.3 Å². The SMILES string of the molecule is CCN1CCC(N2CCc3ccc(C(O)c4ccc(OC)nc4)cc32)CC1.Fc1ccccc1. The number of ether oxygens (including phenoxy) is 1. The largest absolute Gasteiger partial charge is 0.481 e. The second-order valence-electron chi connectivity index (χ2n) is 8.83. The molecule has 5 rings (SSSR count). The van der Waals surface area contributed by atoms with Crippen LogP contribution in [-0.4, -0.2) is 54.3 Å². The summed E-state index contributed by atoms with van der Waals surface area (Å²) in [7, 11) is 1.60. The highest BCUT2D eigenvalue weighted by Gasteiger charge is 2.29. The molecule has 0 spiro atoms. The van der Waals surface area contributed by atoms with Gasteiger partial charge in [0.25, 0.3) is 0 Å². The third-order valence-corrected chi connectivity index (χ3v) is 6.82. The van der Waals surface area contributed by atoms with Crippen molar-refractivity contribution >= 4 is 5.69 Å². The van der Waals surface area contributed by atoms with Crippen molar-refractivity contribution in [2.75, 3.05) is 38.2 Å². The van der Waals surface area contributed by atoms with E-state index in [-0.39, 0.29) is 5.82 Å². The van der Waals surface area contributed by atoms with Gasteiger partial charge in [0.05, 0.1) is 7.11 Å². The van der Waals surface area contributed by atoms with Crippen molar-refractivity contribution in [1.82, 2.24) is 9.88 Å². The zero-order chi connectivity index (χ0) is 23.9. The van der Waals surface area contributed by atoms with Gasteiger partial charge >= 0.3 is 0 Å². The molecule has 2 aliphatic heterocycles. The minimum Gasteiger partial charge on any atom is -0.481 e. The average Bonchev–Trinajstić information content (AvgIpc) is 3.32. The van der Waals surface area contributed by atoms with Gasteiger partial charge in [-0.3, -0.25) is 0 Å². The zero-order valence-electron chi connectivity index (χ0n) is 20.0. The molecule has 0 amide bonds. The summed E-state index contributed by atoms with van der Waals surface area (Å²) in [5.41, 5.74) is 4.43. The summed E-state index contributed by atoms with van der Waals surface area (Å²) in [5, 5.41) is 10.8. The molecule has 1 fully saturated rings. The number of piperidine rings is 1. The van der Waals surface area contributed by atoms with Gasteiger partial charge in [-0.25, -0.2) is 9.37 Å². The smallest absolute Gasteiger partial charge is 0.212 e. The Morgan fingerprint density at radius 3 is 2.35 bits per heavy atom. The number of halogens is 1. The second-order valence-corrected chi connectivity index (χ2v) is 8.83. The lowest BCUT2D eigenvalue weighted by molar-refractivity contribution is 0.218. The van der Waals surface area contributed by atoms with E-state index in [0.29, 0.717) is 11.9 Å². The Morgan fingerprint density at radius 1 is 1.03 bits per heavy atom. The van der Waals surface area contributed by atoms with Gasteiger partial charge in [-0.15, -0.1) is 0 Å². The molecule has 2 aliphatic rings. The van der Waals surface area contributed by atoms with Crippen molar-refractivity contribution in [1.29, 1.82) is 0 Å². The first kappa shape index (κ1) is 24.2. The van der Waals surface area contributed by atoms with Crippen molar-refractivity contribution in [3.8, 4) is 5.88 Å². The van der Waals surface area contributed by atoms with E-state index in [1.54, 1.807) is 37.6 Å². The predicted octanol–water partition coefficient (Wildman–Crippen LogP) is 4.84. The van der Waals surface area contributed by atoms with Crippen LogP contribution in [0.4, 0.5) is 10.1 Å². The number of rotatable bonds is 5. The van der Waals surface area contributed by atoms with Crippen molar-refractivity contribution in [3.05, 3.63) is 89.4 Å². The van der Waals surface area contributed by atoms with Gasteiger partial charge in [0.1, 0.15) is 11.9 Å². The first-order chi connectivity index (χ1) is 16.6. The van der Waals surface area contributed by atoms with Crippen LogP contribution in [-0.2, 0) is 6.42 Å². The molecule has 1 atom stereocenters. The second kappa shape index (κ2) is 11.4. The molecule has 1 unspecified atom stereocenters. The Hall–Kier alpha value is -2.96. The van der Waals surface area contributed by atoms with Crippen molar-refractivity contribution in [2.45, 2.75) is 38.3 Å². The molecule has 180 valence electrons. The number of anilines is 1. The number of aromatic nitrogens is 1.